The maximum absolute atomic E-state index is 5.89. The lowest BCUT2D eigenvalue weighted by Crippen LogP contribution is -2.40. The zero-order valence-electron chi connectivity index (χ0n) is 10.7. The molecular weight excluding hydrogens is 278 g/mol. The molecular formula is C14H18ClN3S. The molecule has 0 radical (unpaired) electrons. The van der Waals surface area contributed by atoms with Crippen molar-refractivity contribution < 1.29 is 0 Å². The standard InChI is InChI=1S/C14H18ClN3S/c15-12-6-4-5-11(9-12)10-16-18-14(19)17-13-7-2-1-3-8-13/h4-6,9-10,13H,1-3,7-8H2,(H2,17,18,19)/b16-10-. The summed E-state index contributed by atoms with van der Waals surface area (Å²) >= 11 is 11.1. The van der Waals surface area contributed by atoms with E-state index in [4.69, 9.17) is 23.8 Å². The lowest BCUT2D eigenvalue weighted by Gasteiger charge is -2.23. The minimum absolute atomic E-state index is 0.495. The Morgan fingerprint density at radius 3 is 2.84 bits per heavy atom. The Hall–Kier alpha value is -1.13. The van der Waals surface area contributed by atoms with Crippen LogP contribution in [0, 0.1) is 0 Å². The Kier molecular flexibility index (Phi) is 5.61. The van der Waals surface area contributed by atoms with Gasteiger partial charge in [-0.15, -0.1) is 0 Å². The Morgan fingerprint density at radius 1 is 1.32 bits per heavy atom. The highest BCUT2D eigenvalue weighted by Crippen LogP contribution is 2.17. The Bertz CT molecular complexity index is 456. The third kappa shape index (κ3) is 5.17. The molecule has 0 heterocycles. The van der Waals surface area contributed by atoms with E-state index in [2.05, 4.69) is 15.8 Å². The van der Waals surface area contributed by atoms with Crippen LogP contribution in [0.5, 0.6) is 0 Å². The highest BCUT2D eigenvalue weighted by Gasteiger charge is 2.13. The first kappa shape index (κ1) is 14.3. The summed E-state index contributed by atoms with van der Waals surface area (Å²) in [7, 11) is 0. The molecule has 0 spiro atoms. The molecule has 2 N–H and O–H groups in total. The van der Waals surface area contributed by atoms with E-state index in [1.165, 1.54) is 32.1 Å². The maximum Gasteiger partial charge on any atom is 0.187 e. The van der Waals surface area contributed by atoms with Crippen LogP contribution in [0.25, 0.3) is 0 Å². The Labute approximate surface area is 124 Å². The second-order valence-corrected chi connectivity index (χ2v) is 5.58. The van der Waals surface area contributed by atoms with Crippen LogP contribution in [0.2, 0.25) is 5.02 Å². The minimum Gasteiger partial charge on any atom is -0.359 e. The molecule has 102 valence electrons. The molecule has 0 amide bonds. The van der Waals surface area contributed by atoms with Crippen molar-refractivity contribution in [2.75, 3.05) is 0 Å². The summed E-state index contributed by atoms with van der Waals surface area (Å²) in [6.07, 6.45) is 8.00. The molecule has 0 atom stereocenters. The first-order valence-corrected chi connectivity index (χ1v) is 7.38. The van der Waals surface area contributed by atoms with E-state index in [9.17, 15) is 0 Å². The number of halogens is 1. The van der Waals surface area contributed by atoms with Crippen molar-refractivity contribution in [1.29, 1.82) is 0 Å². The van der Waals surface area contributed by atoms with Crippen molar-refractivity contribution in [2.24, 2.45) is 5.10 Å². The highest BCUT2D eigenvalue weighted by atomic mass is 35.5. The molecule has 0 bridgehead atoms. The molecule has 0 aliphatic heterocycles. The molecule has 0 saturated heterocycles. The fourth-order valence-electron chi connectivity index (χ4n) is 2.22. The number of hydrogen-bond donors (Lipinski definition) is 2. The first-order valence-electron chi connectivity index (χ1n) is 6.59. The number of hydrazone groups is 1. The van der Waals surface area contributed by atoms with Crippen LogP contribution < -0.4 is 10.7 Å². The van der Waals surface area contributed by atoms with Gasteiger partial charge in [0.25, 0.3) is 0 Å². The molecule has 1 fully saturated rings. The Morgan fingerprint density at radius 2 is 2.11 bits per heavy atom. The van der Waals surface area contributed by atoms with Crippen LogP contribution in [0.15, 0.2) is 29.4 Å². The maximum atomic E-state index is 5.89. The van der Waals surface area contributed by atoms with E-state index in [-0.39, 0.29) is 0 Å². The summed E-state index contributed by atoms with van der Waals surface area (Å²) < 4.78 is 0. The van der Waals surface area contributed by atoms with E-state index < -0.39 is 0 Å². The average Bonchev–Trinajstić information content (AvgIpc) is 2.40. The van der Waals surface area contributed by atoms with Crippen molar-refractivity contribution in [3.8, 4) is 0 Å². The number of benzene rings is 1. The third-order valence-corrected chi connectivity index (χ3v) is 3.61. The summed E-state index contributed by atoms with van der Waals surface area (Å²) in [6.45, 7) is 0. The van der Waals surface area contributed by atoms with Crippen LogP contribution in [-0.2, 0) is 0 Å². The quantitative estimate of drug-likeness (QED) is 0.509. The molecule has 0 unspecified atom stereocenters. The van der Waals surface area contributed by atoms with Crippen molar-refractivity contribution in [3.63, 3.8) is 0 Å². The summed E-state index contributed by atoms with van der Waals surface area (Å²) in [4.78, 5) is 0. The molecule has 3 nitrogen and oxygen atoms in total. The summed E-state index contributed by atoms with van der Waals surface area (Å²) in [5, 5.41) is 8.70. The van der Waals surface area contributed by atoms with Gasteiger partial charge >= 0.3 is 0 Å². The third-order valence-electron chi connectivity index (χ3n) is 3.17. The SMILES string of the molecule is S=C(N/N=C\c1cccc(Cl)c1)NC1CCCCC1. The van der Waals surface area contributed by atoms with Gasteiger partial charge in [-0.3, -0.25) is 5.43 Å². The van der Waals surface area contributed by atoms with E-state index in [1.54, 1.807) is 6.21 Å². The molecule has 5 heteroatoms. The van der Waals surface area contributed by atoms with Gasteiger partial charge in [-0.25, -0.2) is 0 Å². The van der Waals surface area contributed by atoms with Crippen molar-refractivity contribution >= 4 is 35.1 Å². The summed E-state index contributed by atoms with van der Waals surface area (Å²) in [5.41, 5.74) is 3.79. The molecule has 1 aromatic carbocycles. The monoisotopic (exact) mass is 295 g/mol. The van der Waals surface area contributed by atoms with Gasteiger partial charge in [0.05, 0.1) is 6.21 Å². The van der Waals surface area contributed by atoms with Gasteiger partial charge < -0.3 is 5.32 Å². The second-order valence-electron chi connectivity index (χ2n) is 4.73. The predicted octanol–water partition coefficient (Wildman–Crippen LogP) is 3.47. The van der Waals surface area contributed by atoms with Crippen molar-refractivity contribution in [2.45, 2.75) is 38.1 Å². The van der Waals surface area contributed by atoms with Crippen LogP contribution in [0.3, 0.4) is 0 Å². The van der Waals surface area contributed by atoms with Crippen molar-refractivity contribution in [1.82, 2.24) is 10.7 Å². The fraction of sp³-hybridized carbons (Fsp3) is 0.429. The number of rotatable bonds is 3. The van der Waals surface area contributed by atoms with E-state index in [1.807, 2.05) is 24.3 Å². The molecule has 2 rings (SSSR count). The summed E-state index contributed by atoms with van der Waals surface area (Å²) in [5.74, 6) is 0. The zero-order chi connectivity index (χ0) is 13.5. The van der Waals surface area contributed by atoms with Crippen LogP contribution in [-0.4, -0.2) is 17.4 Å². The van der Waals surface area contributed by atoms with Gasteiger partial charge in [-0.05, 0) is 42.8 Å². The first-order chi connectivity index (χ1) is 9.24. The number of nitrogens with one attached hydrogen (secondary N) is 2. The minimum atomic E-state index is 0.495. The van der Waals surface area contributed by atoms with E-state index in [0.29, 0.717) is 16.2 Å². The molecule has 1 aliphatic carbocycles. The zero-order valence-corrected chi connectivity index (χ0v) is 12.3. The lowest BCUT2D eigenvalue weighted by molar-refractivity contribution is 0.412. The molecule has 1 aromatic rings. The Balaban J connectivity index is 1.76. The van der Waals surface area contributed by atoms with Gasteiger partial charge in [0.1, 0.15) is 0 Å². The molecule has 1 saturated carbocycles. The van der Waals surface area contributed by atoms with Gasteiger partial charge in [-0.1, -0.05) is 43.0 Å². The normalized spacial score (nSPS) is 16.5. The van der Waals surface area contributed by atoms with E-state index >= 15 is 0 Å². The van der Waals surface area contributed by atoms with Crippen molar-refractivity contribution in [3.05, 3.63) is 34.9 Å². The smallest absolute Gasteiger partial charge is 0.187 e. The number of thiocarbonyl (C=S) groups is 1. The number of hydrogen-bond acceptors (Lipinski definition) is 2. The van der Waals surface area contributed by atoms with Gasteiger partial charge in [0.2, 0.25) is 0 Å². The molecule has 1 aliphatic rings. The topological polar surface area (TPSA) is 36.4 Å². The average molecular weight is 296 g/mol. The highest BCUT2D eigenvalue weighted by molar-refractivity contribution is 7.80. The summed E-state index contributed by atoms with van der Waals surface area (Å²) in [6, 6.07) is 8.01. The lowest BCUT2D eigenvalue weighted by atomic mass is 9.96. The largest absolute Gasteiger partial charge is 0.359 e. The molecule has 0 aromatic heterocycles. The van der Waals surface area contributed by atoms with Crippen LogP contribution >= 0.6 is 23.8 Å². The number of nitrogens with zero attached hydrogens (tertiary/aromatic N) is 1. The van der Waals surface area contributed by atoms with Gasteiger partial charge in [-0.2, -0.15) is 5.10 Å². The van der Waals surface area contributed by atoms with E-state index in [0.717, 1.165) is 5.56 Å². The second kappa shape index (κ2) is 7.46. The van der Waals surface area contributed by atoms with Crippen LogP contribution in [0.4, 0.5) is 0 Å². The fourth-order valence-corrected chi connectivity index (χ4v) is 2.64. The van der Waals surface area contributed by atoms with Crippen LogP contribution in [0.1, 0.15) is 37.7 Å². The predicted molar refractivity (Wildman–Crippen MR) is 84.8 cm³/mol. The van der Waals surface area contributed by atoms with Gasteiger partial charge in [0.15, 0.2) is 5.11 Å². The van der Waals surface area contributed by atoms with Gasteiger partial charge in [0, 0.05) is 11.1 Å². The molecule has 19 heavy (non-hydrogen) atoms.